The normalized spacial score (nSPS) is 42.2. The number of thiophene rings is 1. The van der Waals surface area contributed by atoms with Gasteiger partial charge in [0.15, 0.2) is 0 Å². The Balaban J connectivity index is 1.81. The fourth-order valence-corrected chi connectivity index (χ4v) is 5.24. The number of hydrogen-bond donors (Lipinski definition) is 1. The molecule has 4 bridgehead atoms. The molecule has 0 radical (unpaired) electrons. The smallest absolute Gasteiger partial charge is 0.308 e. The molecule has 0 amide bonds. The van der Waals surface area contributed by atoms with Gasteiger partial charge in [-0.05, 0) is 36.3 Å². The molecule has 5 unspecified atom stereocenters. The van der Waals surface area contributed by atoms with Crippen molar-refractivity contribution in [2.45, 2.75) is 43.8 Å². The molecule has 2 saturated heterocycles. The molecule has 0 spiro atoms. The Morgan fingerprint density at radius 2 is 2.24 bits per heavy atom. The van der Waals surface area contributed by atoms with Crippen molar-refractivity contribution in [2.75, 3.05) is 0 Å². The number of carbonyl (C=O) groups is 1. The summed E-state index contributed by atoms with van der Waals surface area (Å²) in [6.07, 6.45) is 3.12. The van der Waals surface area contributed by atoms with Crippen LogP contribution in [0.4, 0.5) is 0 Å². The molecule has 4 heteroatoms. The van der Waals surface area contributed by atoms with Gasteiger partial charge in [0.2, 0.25) is 0 Å². The quantitative estimate of drug-likeness (QED) is 0.830. The molecule has 2 fully saturated rings. The molecule has 17 heavy (non-hydrogen) atoms. The lowest BCUT2D eigenvalue weighted by Gasteiger charge is -2.46. The molecule has 3 aliphatic heterocycles. The highest BCUT2D eigenvalue weighted by Gasteiger charge is 2.52. The number of nitrogens with zero attached hydrogens (tertiary/aromatic N) is 1. The van der Waals surface area contributed by atoms with Crippen LogP contribution in [0.15, 0.2) is 11.4 Å². The van der Waals surface area contributed by atoms with E-state index in [0.29, 0.717) is 18.0 Å². The van der Waals surface area contributed by atoms with Gasteiger partial charge >= 0.3 is 5.97 Å². The van der Waals surface area contributed by atoms with Gasteiger partial charge in [-0.15, -0.1) is 11.3 Å². The van der Waals surface area contributed by atoms with Crippen molar-refractivity contribution < 1.29 is 9.90 Å². The third-order valence-electron chi connectivity index (χ3n) is 4.83. The second kappa shape index (κ2) is 3.33. The van der Waals surface area contributed by atoms with E-state index < -0.39 is 5.97 Å². The summed E-state index contributed by atoms with van der Waals surface area (Å²) < 4.78 is 0. The van der Waals surface area contributed by atoms with E-state index in [0.717, 1.165) is 19.4 Å². The van der Waals surface area contributed by atoms with Crippen molar-refractivity contribution in [3.63, 3.8) is 0 Å². The van der Waals surface area contributed by atoms with Crippen LogP contribution in [0.3, 0.4) is 0 Å². The molecule has 90 valence electrons. The average molecular weight is 249 g/mol. The highest BCUT2D eigenvalue weighted by Crippen LogP contribution is 2.52. The molecule has 0 saturated carbocycles. The van der Waals surface area contributed by atoms with E-state index >= 15 is 0 Å². The summed E-state index contributed by atoms with van der Waals surface area (Å²) in [5, 5.41) is 11.6. The molecule has 1 aromatic heterocycles. The van der Waals surface area contributed by atoms with E-state index in [1.54, 1.807) is 0 Å². The van der Waals surface area contributed by atoms with E-state index in [9.17, 15) is 9.90 Å². The van der Waals surface area contributed by atoms with Gasteiger partial charge in [0.1, 0.15) is 0 Å². The maximum atomic E-state index is 11.4. The Labute approximate surface area is 104 Å². The van der Waals surface area contributed by atoms with E-state index in [1.165, 1.54) is 16.9 Å². The maximum Gasteiger partial charge on any atom is 0.308 e. The topological polar surface area (TPSA) is 40.5 Å². The van der Waals surface area contributed by atoms with Crippen LogP contribution in [-0.2, 0) is 11.3 Å². The average Bonchev–Trinajstić information content (AvgIpc) is 2.85. The van der Waals surface area contributed by atoms with Gasteiger partial charge in [-0.1, -0.05) is 0 Å². The summed E-state index contributed by atoms with van der Waals surface area (Å²) in [5.41, 5.74) is 1.45. The number of hydrogen-bond acceptors (Lipinski definition) is 3. The standard InChI is InChI=1S/C13H15NO2S/c15-13(16)9-5-8-10-1-2-11(9)14(10)6-7-3-4-17-12(7)8/h3-4,8-11H,1-2,5-6H2,(H,15,16). The number of fused-ring (bicyclic) bond motifs is 2. The monoisotopic (exact) mass is 249 g/mol. The van der Waals surface area contributed by atoms with Gasteiger partial charge in [-0.25, -0.2) is 0 Å². The van der Waals surface area contributed by atoms with E-state index in [2.05, 4.69) is 16.3 Å². The molecule has 3 aliphatic rings. The first kappa shape index (κ1) is 10.1. The summed E-state index contributed by atoms with van der Waals surface area (Å²) >= 11 is 1.83. The van der Waals surface area contributed by atoms with Gasteiger partial charge < -0.3 is 5.11 Å². The minimum Gasteiger partial charge on any atom is -0.481 e. The predicted octanol–water partition coefficient (Wildman–Crippen LogP) is 2.28. The first-order chi connectivity index (χ1) is 8.25. The van der Waals surface area contributed by atoms with Crippen molar-refractivity contribution in [2.24, 2.45) is 5.92 Å². The zero-order chi connectivity index (χ0) is 11.6. The van der Waals surface area contributed by atoms with Crippen molar-refractivity contribution in [1.29, 1.82) is 0 Å². The van der Waals surface area contributed by atoms with Crippen molar-refractivity contribution in [1.82, 2.24) is 4.90 Å². The van der Waals surface area contributed by atoms with Crippen LogP contribution in [-0.4, -0.2) is 28.1 Å². The van der Waals surface area contributed by atoms with Crippen LogP contribution in [0.5, 0.6) is 0 Å². The van der Waals surface area contributed by atoms with Crippen LogP contribution in [0.25, 0.3) is 0 Å². The minimum absolute atomic E-state index is 0.144. The molecule has 0 aliphatic carbocycles. The fourth-order valence-electron chi connectivity index (χ4n) is 4.15. The lowest BCUT2D eigenvalue weighted by atomic mass is 9.78. The molecule has 3 nitrogen and oxygen atoms in total. The number of carboxylic acid groups (broad SMARTS) is 1. The van der Waals surface area contributed by atoms with Crippen molar-refractivity contribution >= 4 is 17.3 Å². The minimum atomic E-state index is -0.592. The summed E-state index contributed by atoms with van der Waals surface area (Å²) in [6, 6.07) is 3.14. The van der Waals surface area contributed by atoms with Crippen molar-refractivity contribution in [3.05, 3.63) is 21.9 Å². The summed E-state index contributed by atoms with van der Waals surface area (Å²) in [5.74, 6) is -0.252. The van der Waals surface area contributed by atoms with Gasteiger partial charge in [0.25, 0.3) is 0 Å². The maximum absolute atomic E-state index is 11.4. The third kappa shape index (κ3) is 1.23. The summed E-state index contributed by atoms with van der Waals surface area (Å²) in [4.78, 5) is 15.3. The Hall–Kier alpha value is -0.870. The molecule has 4 heterocycles. The van der Waals surface area contributed by atoms with Crippen LogP contribution in [0.1, 0.15) is 35.6 Å². The van der Waals surface area contributed by atoms with Gasteiger partial charge in [-0.3, -0.25) is 9.69 Å². The number of carboxylic acids is 1. The van der Waals surface area contributed by atoms with Crippen LogP contribution >= 0.6 is 11.3 Å². The van der Waals surface area contributed by atoms with Crippen LogP contribution < -0.4 is 0 Å². The zero-order valence-corrected chi connectivity index (χ0v) is 10.3. The fraction of sp³-hybridized carbons (Fsp3) is 0.615. The number of aliphatic carboxylic acids is 1. The lowest BCUT2D eigenvalue weighted by molar-refractivity contribution is -0.146. The molecule has 1 aromatic rings. The second-order valence-electron chi connectivity index (χ2n) is 5.48. The van der Waals surface area contributed by atoms with Crippen molar-refractivity contribution in [3.8, 4) is 0 Å². The predicted molar refractivity (Wildman–Crippen MR) is 65.2 cm³/mol. The van der Waals surface area contributed by atoms with Crippen LogP contribution in [0.2, 0.25) is 0 Å². The highest BCUT2D eigenvalue weighted by atomic mass is 32.1. The molecule has 5 atom stereocenters. The molecule has 0 aromatic carbocycles. The summed E-state index contributed by atoms with van der Waals surface area (Å²) in [7, 11) is 0. The zero-order valence-electron chi connectivity index (χ0n) is 9.50. The summed E-state index contributed by atoms with van der Waals surface area (Å²) in [6.45, 7) is 0.981. The van der Waals surface area contributed by atoms with E-state index in [1.807, 2.05) is 11.3 Å². The second-order valence-corrected chi connectivity index (χ2v) is 6.43. The van der Waals surface area contributed by atoms with Gasteiger partial charge in [-0.2, -0.15) is 0 Å². The molecule has 1 N–H and O–H groups in total. The van der Waals surface area contributed by atoms with Gasteiger partial charge in [0, 0.05) is 29.4 Å². The molecular formula is C13H15NO2S. The largest absolute Gasteiger partial charge is 0.481 e. The third-order valence-corrected chi connectivity index (χ3v) is 5.93. The molecular weight excluding hydrogens is 234 g/mol. The Morgan fingerprint density at radius 3 is 3.06 bits per heavy atom. The first-order valence-corrected chi connectivity index (χ1v) is 7.18. The first-order valence-electron chi connectivity index (χ1n) is 6.30. The number of rotatable bonds is 1. The number of piperidine rings is 1. The van der Waals surface area contributed by atoms with E-state index in [4.69, 9.17) is 0 Å². The van der Waals surface area contributed by atoms with Gasteiger partial charge in [0.05, 0.1) is 5.92 Å². The van der Waals surface area contributed by atoms with Crippen LogP contribution in [0, 0.1) is 5.92 Å². The lowest BCUT2D eigenvalue weighted by Crippen LogP contribution is -2.52. The Bertz CT molecular complexity index is 484. The van der Waals surface area contributed by atoms with E-state index in [-0.39, 0.29) is 5.92 Å². The molecule has 4 rings (SSSR count). The Morgan fingerprint density at radius 1 is 1.41 bits per heavy atom. The highest BCUT2D eigenvalue weighted by molar-refractivity contribution is 7.10. The SMILES string of the molecule is O=C(O)C1CC2c3sccc3CN3C1CCC23. The Kier molecular flexibility index (Phi) is 1.97.